The van der Waals surface area contributed by atoms with Crippen LogP contribution in [0, 0.1) is 0 Å². The fourth-order valence-electron chi connectivity index (χ4n) is 3.47. The van der Waals surface area contributed by atoms with Gasteiger partial charge < -0.3 is 10.1 Å². The number of hydrogen-bond acceptors (Lipinski definition) is 3. The first kappa shape index (κ1) is 20.4. The van der Waals surface area contributed by atoms with Gasteiger partial charge in [0.1, 0.15) is 5.75 Å². The van der Waals surface area contributed by atoms with E-state index in [-0.39, 0.29) is 5.91 Å². The molecule has 0 unspecified atom stereocenters. The average Bonchev–Trinajstić information content (AvgIpc) is 3.22. The monoisotopic (exact) mass is 411 g/mol. The minimum Gasteiger partial charge on any atom is -0.497 e. The standard InChI is InChI=1S/C26H25N3O2/c1-31-24-14-12-20(13-15-24)16-25(30)27-17-23-19-29(18-21-8-4-2-5-9-21)28-26(23)22-10-6-3-7-11-22/h2-15,19H,16-18H2,1H3,(H,27,30). The Labute approximate surface area is 182 Å². The van der Waals surface area contributed by atoms with Gasteiger partial charge in [-0.3, -0.25) is 9.48 Å². The lowest BCUT2D eigenvalue weighted by Gasteiger charge is -2.07. The molecule has 156 valence electrons. The number of aromatic nitrogens is 2. The summed E-state index contributed by atoms with van der Waals surface area (Å²) in [5.74, 6) is 0.752. The van der Waals surface area contributed by atoms with Crippen molar-refractivity contribution in [2.45, 2.75) is 19.5 Å². The van der Waals surface area contributed by atoms with E-state index >= 15 is 0 Å². The molecule has 0 spiro atoms. The van der Waals surface area contributed by atoms with Crippen LogP contribution in [0.4, 0.5) is 0 Å². The third kappa shape index (κ3) is 5.39. The highest BCUT2D eigenvalue weighted by Gasteiger charge is 2.13. The number of benzene rings is 3. The molecule has 1 N–H and O–H groups in total. The van der Waals surface area contributed by atoms with Gasteiger partial charge in [-0.05, 0) is 23.3 Å². The van der Waals surface area contributed by atoms with Crippen LogP contribution in [-0.2, 0) is 24.3 Å². The van der Waals surface area contributed by atoms with Gasteiger partial charge in [0.15, 0.2) is 0 Å². The number of hydrogen-bond donors (Lipinski definition) is 1. The first-order valence-electron chi connectivity index (χ1n) is 10.3. The minimum atomic E-state index is -0.0278. The molecule has 0 saturated carbocycles. The molecule has 0 bridgehead atoms. The normalized spacial score (nSPS) is 10.6. The van der Waals surface area contributed by atoms with E-state index in [0.717, 1.165) is 28.1 Å². The first-order valence-corrected chi connectivity index (χ1v) is 10.3. The van der Waals surface area contributed by atoms with Gasteiger partial charge in [0.25, 0.3) is 0 Å². The van der Waals surface area contributed by atoms with E-state index < -0.39 is 0 Å². The summed E-state index contributed by atoms with van der Waals surface area (Å²) in [4.78, 5) is 12.5. The summed E-state index contributed by atoms with van der Waals surface area (Å²) >= 11 is 0. The second-order valence-corrected chi connectivity index (χ2v) is 7.35. The summed E-state index contributed by atoms with van der Waals surface area (Å²) in [5, 5.41) is 7.85. The Hall–Kier alpha value is -3.86. The molecule has 0 saturated heterocycles. The number of ether oxygens (including phenoxy) is 1. The smallest absolute Gasteiger partial charge is 0.224 e. The van der Waals surface area contributed by atoms with Crippen LogP contribution < -0.4 is 10.1 Å². The van der Waals surface area contributed by atoms with Gasteiger partial charge in [-0.25, -0.2) is 0 Å². The van der Waals surface area contributed by atoms with Crippen molar-refractivity contribution in [2.75, 3.05) is 7.11 Å². The summed E-state index contributed by atoms with van der Waals surface area (Å²) in [6.07, 6.45) is 2.34. The molecule has 0 aliphatic rings. The lowest BCUT2D eigenvalue weighted by atomic mass is 10.1. The fourth-order valence-corrected chi connectivity index (χ4v) is 3.47. The largest absolute Gasteiger partial charge is 0.497 e. The average molecular weight is 412 g/mol. The number of carbonyl (C=O) groups excluding carboxylic acids is 1. The van der Waals surface area contributed by atoms with Crippen molar-refractivity contribution in [2.24, 2.45) is 0 Å². The van der Waals surface area contributed by atoms with Gasteiger partial charge in [0, 0.05) is 23.9 Å². The Morgan fingerprint density at radius 1 is 0.903 bits per heavy atom. The van der Waals surface area contributed by atoms with Gasteiger partial charge in [-0.15, -0.1) is 0 Å². The summed E-state index contributed by atoms with van der Waals surface area (Å²) in [6.45, 7) is 1.11. The van der Waals surface area contributed by atoms with Crippen LogP contribution in [0.3, 0.4) is 0 Å². The second kappa shape index (κ2) is 9.76. The highest BCUT2D eigenvalue weighted by Crippen LogP contribution is 2.22. The lowest BCUT2D eigenvalue weighted by Crippen LogP contribution is -2.24. The number of rotatable bonds is 8. The number of nitrogens with one attached hydrogen (secondary N) is 1. The Bertz CT molecular complexity index is 1120. The molecule has 0 atom stereocenters. The molecule has 1 aromatic heterocycles. The zero-order valence-corrected chi connectivity index (χ0v) is 17.5. The van der Waals surface area contributed by atoms with Gasteiger partial charge in [0.05, 0.1) is 25.8 Å². The van der Waals surface area contributed by atoms with Crippen LogP contribution in [0.15, 0.2) is 91.1 Å². The van der Waals surface area contributed by atoms with Gasteiger partial charge in [0.2, 0.25) is 5.91 Å². The lowest BCUT2D eigenvalue weighted by molar-refractivity contribution is -0.120. The molecule has 5 heteroatoms. The van der Waals surface area contributed by atoms with Crippen molar-refractivity contribution in [3.8, 4) is 17.0 Å². The van der Waals surface area contributed by atoms with Crippen LogP contribution >= 0.6 is 0 Å². The fraction of sp³-hybridized carbons (Fsp3) is 0.154. The highest BCUT2D eigenvalue weighted by atomic mass is 16.5. The SMILES string of the molecule is COc1ccc(CC(=O)NCc2cn(Cc3ccccc3)nc2-c2ccccc2)cc1. The van der Waals surface area contributed by atoms with E-state index in [0.29, 0.717) is 19.5 Å². The quantitative estimate of drug-likeness (QED) is 0.466. The molecule has 5 nitrogen and oxygen atoms in total. The van der Waals surface area contributed by atoms with Crippen molar-refractivity contribution >= 4 is 5.91 Å². The molecule has 31 heavy (non-hydrogen) atoms. The zero-order chi connectivity index (χ0) is 21.5. The second-order valence-electron chi connectivity index (χ2n) is 7.35. The van der Waals surface area contributed by atoms with Crippen LogP contribution in [0.25, 0.3) is 11.3 Å². The molecule has 0 aliphatic carbocycles. The molecule has 4 rings (SSSR count). The molecule has 4 aromatic rings. The Morgan fingerprint density at radius 3 is 2.26 bits per heavy atom. The van der Waals surface area contributed by atoms with Crippen molar-refractivity contribution in [1.82, 2.24) is 15.1 Å². The predicted octanol–water partition coefficient (Wildman–Crippen LogP) is 4.47. The number of amides is 1. The number of methoxy groups -OCH3 is 1. The van der Waals surface area contributed by atoms with Crippen LogP contribution in [-0.4, -0.2) is 22.8 Å². The number of carbonyl (C=O) groups is 1. The van der Waals surface area contributed by atoms with Crippen LogP contribution in [0.5, 0.6) is 5.75 Å². The molecule has 1 amide bonds. The first-order chi connectivity index (χ1) is 15.2. The third-order valence-electron chi connectivity index (χ3n) is 5.07. The molecule has 0 aliphatic heterocycles. The predicted molar refractivity (Wildman–Crippen MR) is 122 cm³/mol. The van der Waals surface area contributed by atoms with Gasteiger partial charge in [-0.1, -0.05) is 72.8 Å². The Kier molecular flexibility index (Phi) is 6.43. The summed E-state index contributed by atoms with van der Waals surface area (Å²) < 4.78 is 7.10. The van der Waals surface area contributed by atoms with E-state index in [1.807, 2.05) is 83.7 Å². The van der Waals surface area contributed by atoms with Crippen molar-refractivity contribution < 1.29 is 9.53 Å². The Morgan fingerprint density at radius 2 is 1.58 bits per heavy atom. The van der Waals surface area contributed by atoms with E-state index in [4.69, 9.17) is 9.84 Å². The molecular weight excluding hydrogens is 386 g/mol. The molecule has 0 radical (unpaired) electrons. The molecular formula is C26H25N3O2. The number of nitrogens with zero attached hydrogens (tertiary/aromatic N) is 2. The molecule has 1 heterocycles. The zero-order valence-electron chi connectivity index (χ0n) is 17.5. The van der Waals surface area contributed by atoms with E-state index in [1.165, 1.54) is 5.56 Å². The third-order valence-corrected chi connectivity index (χ3v) is 5.07. The summed E-state index contributed by atoms with van der Waals surface area (Å²) in [5.41, 5.74) is 5.04. The van der Waals surface area contributed by atoms with Crippen molar-refractivity contribution in [1.29, 1.82) is 0 Å². The van der Waals surface area contributed by atoms with E-state index in [1.54, 1.807) is 7.11 Å². The van der Waals surface area contributed by atoms with E-state index in [2.05, 4.69) is 17.4 Å². The maximum absolute atomic E-state index is 12.5. The summed E-state index contributed by atoms with van der Waals surface area (Å²) in [6, 6.07) is 27.8. The minimum absolute atomic E-state index is 0.0278. The summed E-state index contributed by atoms with van der Waals surface area (Å²) in [7, 11) is 1.63. The van der Waals surface area contributed by atoms with Crippen LogP contribution in [0.2, 0.25) is 0 Å². The maximum Gasteiger partial charge on any atom is 0.224 e. The van der Waals surface area contributed by atoms with Crippen molar-refractivity contribution in [3.05, 3.63) is 108 Å². The van der Waals surface area contributed by atoms with Gasteiger partial charge in [-0.2, -0.15) is 5.10 Å². The maximum atomic E-state index is 12.5. The molecule has 0 fully saturated rings. The molecule has 3 aromatic carbocycles. The van der Waals surface area contributed by atoms with Gasteiger partial charge >= 0.3 is 0 Å². The Balaban J connectivity index is 1.48. The van der Waals surface area contributed by atoms with Crippen LogP contribution in [0.1, 0.15) is 16.7 Å². The highest BCUT2D eigenvalue weighted by molar-refractivity contribution is 5.78. The topological polar surface area (TPSA) is 56.1 Å². The van der Waals surface area contributed by atoms with E-state index in [9.17, 15) is 4.79 Å². The van der Waals surface area contributed by atoms with Crippen molar-refractivity contribution in [3.63, 3.8) is 0 Å².